The number of hydrogen-bond acceptors (Lipinski definition) is 3. The molecular weight excluding hydrogens is 258 g/mol. The molecule has 1 unspecified atom stereocenters. The van der Waals surface area contributed by atoms with E-state index < -0.39 is 9.84 Å². The van der Waals surface area contributed by atoms with Crippen LogP contribution >= 0.6 is 11.6 Å². The van der Waals surface area contributed by atoms with E-state index in [0.29, 0.717) is 11.4 Å². The Bertz CT molecular complexity index is 459. The summed E-state index contributed by atoms with van der Waals surface area (Å²) in [5, 5.41) is 3.77. The van der Waals surface area contributed by atoms with Gasteiger partial charge in [-0.3, -0.25) is 0 Å². The van der Waals surface area contributed by atoms with Gasteiger partial charge in [-0.15, -0.1) is 0 Å². The van der Waals surface area contributed by atoms with Crippen molar-refractivity contribution in [3.8, 4) is 0 Å². The second-order valence-corrected chi connectivity index (χ2v) is 6.86. The van der Waals surface area contributed by atoms with Gasteiger partial charge in [-0.1, -0.05) is 29.8 Å². The van der Waals surface area contributed by atoms with Gasteiger partial charge in [-0.05, 0) is 31.0 Å². The predicted molar refractivity (Wildman–Crippen MR) is 72.4 cm³/mol. The summed E-state index contributed by atoms with van der Waals surface area (Å²) in [6, 6.07) is 7.58. The first-order valence-electron chi connectivity index (χ1n) is 5.51. The lowest BCUT2D eigenvalue weighted by molar-refractivity contribution is 0.578. The molecule has 0 amide bonds. The van der Waals surface area contributed by atoms with Crippen LogP contribution in [-0.4, -0.2) is 34.0 Å². The molecule has 0 bridgehead atoms. The molecular formula is C12H18ClNO2S. The van der Waals surface area contributed by atoms with Crippen molar-refractivity contribution in [1.82, 2.24) is 5.32 Å². The Morgan fingerprint density at radius 2 is 2.00 bits per heavy atom. The summed E-state index contributed by atoms with van der Waals surface area (Å²) < 4.78 is 22.4. The predicted octanol–water partition coefficient (Wildman–Crippen LogP) is 2.08. The van der Waals surface area contributed by atoms with E-state index in [9.17, 15) is 8.42 Å². The minimum absolute atomic E-state index is 0.128. The highest BCUT2D eigenvalue weighted by atomic mass is 35.5. The molecule has 1 N–H and O–H groups in total. The molecule has 0 aliphatic heterocycles. The fourth-order valence-corrected chi connectivity index (χ4v) is 2.78. The van der Waals surface area contributed by atoms with Crippen LogP contribution in [0.2, 0.25) is 5.02 Å². The molecule has 3 nitrogen and oxygen atoms in total. The van der Waals surface area contributed by atoms with Crippen molar-refractivity contribution in [3.05, 3.63) is 34.9 Å². The Hall–Kier alpha value is -0.580. The first-order valence-corrected chi connectivity index (χ1v) is 7.94. The molecule has 0 saturated heterocycles. The van der Waals surface area contributed by atoms with Gasteiger partial charge in [0, 0.05) is 17.8 Å². The third kappa shape index (κ3) is 5.06. The monoisotopic (exact) mass is 275 g/mol. The van der Waals surface area contributed by atoms with Crippen LogP contribution in [-0.2, 0) is 9.84 Å². The fourth-order valence-electron chi connectivity index (χ4n) is 1.78. The summed E-state index contributed by atoms with van der Waals surface area (Å²) >= 11 is 6.13. The molecule has 0 fully saturated rings. The number of rotatable bonds is 6. The second kappa shape index (κ2) is 6.38. The lowest BCUT2D eigenvalue weighted by atomic mass is 9.96. The topological polar surface area (TPSA) is 46.2 Å². The van der Waals surface area contributed by atoms with Gasteiger partial charge in [0.25, 0.3) is 0 Å². The minimum atomic E-state index is -2.93. The van der Waals surface area contributed by atoms with Gasteiger partial charge in [0.05, 0.1) is 5.75 Å². The molecule has 0 saturated carbocycles. The molecule has 1 aromatic rings. The quantitative estimate of drug-likeness (QED) is 0.865. The molecule has 0 aromatic heterocycles. The molecule has 1 aromatic carbocycles. The number of benzene rings is 1. The highest BCUT2D eigenvalue weighted by molar-refractivity contribution is 7.90. The van der Waals surface area contributed by atoms with Crippen molar-refractivity contribution in [2.45, 2.75) is 12.3 Å². The van der Waals surface area contributed by atoms with Crippen molar-refractivity contribution in [2.75, 3.05) is 25.6 Å². The highest BCUT2D eigenvalue weighted by Crippen LogP contribution is 2.26. The average molecular weight is 276 g/mol. The van der Waals surface area contributed by atoms with E-state index >= 15 is 0 Å². The van der Waals surface area contributed by atoms with Crippen molar-refractivity contribution >= 4 is 21.4 Å². The largest absolute Gasteiger partial charge is 0.319 e. The van der Waals surface area contributed by atoms with Crippen LogP contribution in [0.1, 0.15) is 17.9 Å². The zero-order chi connectivity index (χ0) is 12.9. The van der Waals surface area contributed by atoms with Crippen molar-refractivity contribution < 1.29 is 8.42 Å². The van der Waals surface area contributed by atoms with Gasteiger partial charge in [-0.2, -0.15) is 0 Å². The first-order chi connectivity index (χ1) is 7.94. The molecule has 96 valence electrons. The summed E-state index contributed by atoms with van der Waals surface area (Å²) in [6.45, 7) is 0.721. The van der Waals surface area contributed by atoms with Crippen LogP contribution in [0.25, 0.3) is 0 Å². The van der Waals surface area contributed by atoms with Gasteiger partial charge in [-0.25, -0.2) is 8.42 Å². The Morgan fingerprint density at radius 3 is 2.53 bits per heavy atom. The van der Waals surface area contributed by atoms with E-state index in [1.807, 2.05) is 31.3 Å². The number of hydrogen-bond donors (Lipinski definition) is 1. The van der Waals surface area contributed by atoms with Crippen LogP contribution in [0.4, 0.5) is 0 Å². The highest BCUT2D eigenvalue weighted by Gasteiger charge is 2.16. The third-order valence-corrected chi connectivity index (χ3v) is 3.95. The summed E-state index contributed by atoms with van der Waals surface area (Å²) in [5.41, 5.74) is 1.01. The maximum atomic E-state index is 11.2. The smallest absolute Gasteiger partial charge is 0.147 e. The SMILES string of the molecule is CNCC(CCS(C)(=O)=O)c1ccccc1Cl. The zero-order valence-electron chi connectivity index (χ0n) is 10.1. The third-order valence-electron chi connectivity index (χ3n) is 2.63. The Labute approximate surface area is 108 Å². The number of sulfone groups is 1. The van der Waals surface area contributed by atoms with Gasteiger partial charge in [0.1, 0.15) is 9.84 Å². The number of halogens is 1. The molecule has 0 radical (unpaired) electrons. The standard InChI is InChI=1S/C12H18ClNO2S/c1-14-9-10(7-8-17(2,15)16)11-5-3-4-6-12(11)13/h3-6,10,14H,7-9H2,1-2H3. The zero-order valence-corrected chi connectivity index (χ0v) is 11.7. The molecule has 0 aliphatic rings. The van der Waals surface area contributed by atoms with Gasteiger partial charge in [0.2, 0.25) is 0 Å². The molecule has 0 spiro atoms. The van der Waals surface area contributed by atoms with E-state index in [1.165, 1.54) is 6.26 Å². The molecule has 0 aliphatic carbocycles. The molecule has 1 atom stereocenters. The second-order valence-electron chi connectivity index (χ2n) is 4.19. The first kappa shape index (κ1) is 14.5. The summed E-state index contributed by atoms with van der Waals surface area (Å²) in [7, 11) is -1.08. The van der Waals surface area contributed by atoms with E-state index in [4.69, 9.17) is 11.6 Å². The van der Waals surface area contributed by atoms with Crippen molar-refractivity contribution in [1.29, 1.82) is 0 Å². The molecule has 1 rings (SSSR count). The summed E-state index contributed by atoms with van der Waals surface area (Å²) in [4.78, 5) is 0. The van der Waals surface area contributed by atoms with Gasteiger partial charge in [0.15, 0.2) is 0 Å². The fraction of sp³-hybridized carbons (Fsp3) is 0.500. The van der Waals surface area contributed by atoms with Crippen LogP contribution in [0.15, 0.2) is 24.3 Å². The molecule has 17 heavy (non-hydrogen) atoms. The van der Waals surface area contributed by atoms with E-state index in [-0.39, 0.29) is 11.7 Å². The van der Waals surface area contributed by atoms with Crippen molar-refractivity contribution in [3.63, 3.8) is 0 Å². The Balaban J connectivity index is 2.82. The molecule has 0 heterocycles. The summed E-state index contributed by atoms with van der Waals surface area (Å²) in [5.74, 6) is 0.313. The van der Waals surface area contributed by atoms with Crippen LogP contribution < -0.4 is 5.32 Å². The Morgan fingerprint density at radius 1 is 1.35 bits per heavy atom. The van der Waals surface area contributed by atoms with Crippen LogP contribution in [0.3, 0.4) is 0 Å². The maximum Gasteiger partial charge on any atom is 0.147 e. The van der Waals surface area contributed by atoms with E-state index in [1.54, 1.807) is 0 Å². The lowest BCUT2D eigenvalue weighted by Crippen LogP contribution is -2.20. The average Bonchev–Trinajstić information content (AvgIpc) is 2.24. The van der Waals surface area contributed by atoms with Gasteiger partial charge >= 0.3 is 0 Å². The van der Waals surface area contributed by atoms with E-state index in [0.717, 1.165) is 12.1 Å². The number of likely N-dealkylation sites (N-methyl/N-ethyl adjacent to an activating group) is 1. The minimum Gasteiger partial charge on any atom is -0.319 e. The normalized spacial score (nSPS) is 13.6. The van der Waals surface area contributed by atoms with Crippen molar-refractivity contribution in [2.24, 2.45) is 0 Å². The number of nitrogens with one attached hydrogen (secondary N) is 1. The Kier molecular flexibility index (Phi) is 5.43. The van der Waals surface area contributed by atoms with E-state index in [2.05, 4.69) is 5.32 Å². The molecule has 5 heteroatoms. The van der Waals surface area contributed by atoms with Crippen LogP contribution in [0, 0.1) is 0 Å². The van der Waals surface area contributed by atoms with Crippen LogP contribution in [0.5, 0.6) is 0 Å². The maximum absolute atomic E-state index is 11.2. The van der Waals surface area contributed by atoms with Gasteiger partial charge < -0.3 is 5.32 Å². The summed E-state index contributed by atoms with van der Waals surface area (Å²) in [6.07, 6.45) is 1.85. The lowest BCUT2D eigenvalue weighted by Gasteiger charge is -2.17.